The molecule has 0 aliphatic heterocycles. The molecule has 0 bridgehead atoms. The van der Waals surface area contributed by atoms with Gasteiger partial charge >= 0.3 is 0 Å². The summed E-state index contributed by atoms with van der Waals surface area (Å²) in [4.78, 5) is 11.9. The molecule has 0 saturated carbocycles. The highest BCUT2D eigenvalue weighted by Gasteiger charge is 2.06. The van der Waals surface area contributed by atoms with Crippen LogP contribution in [0.1, 0.15) is 16.9 Å². The summed E-state index contributed by atoms with van der Waals surface area (Å²) in [6.07, 6.45) is 1.46. The number of furan rings is 1. The minimum absolute atomic E-state index is 0.103. The standard InChI is InChI=1S/C21H19IN2O3/c1-14-4-3-5-19(15(14)2)26-13-21(25)24-23-12-18-10-11-20(27-18)16-6-8-17(22)9-7-16/h3-12H,13H2,1-2H3,(H,24,25). The van der Waals surface area contributed by atoms with Gasteiger partial charge in [0, 0.05) is 9.13 Å². The minimum atomic E-state index is -0.337. The monoisotopic (exact) mass is 474 g/mol. The smallest absolute Gasteiger partial charge is 0.277 e. The lowest BCUT2D eigenvalue weighted by atomic mass is 10.1. The Labute approximate surface area is 171 Å². The van der Waals surface area contributed by atoms with Crippen LogP contribution in [0.3, 0.4) is 0 Å². The minimum Gasteiger partial charge on any atom is -0.483 e. The predicted octanol–water partition coefficient (Wildman–Crippen LogP) is 4.70. The Morgan fingerprint density at radius 1 is 1.15 bits per heavy atom. The van der Waals surface area contributed by atoms with E-state index in [4.69, 9.17) is 9.15 Å². The highest BCUT2D eigenvalue weighted by Crippen LogP contribution is 2.22. The van der Waals surface area contributed by atoms with Gasteiger partial charge in [-0.05, 0) is 77.9 Å². The van der Waals surface area contributed by atoms with Crippen molar-refractivity contribution in [1.82, 2.24) is 5.43 Å². The number of benzene rings is 2. The largest absolute Gasteiger partial charge is 0.483 e. The lowest BCUT2D eigenvalue weighted by Gasteiger charge is -2.09. The summed E-state index contributed by atoms with van der Waals surface area (Å²) in [5.74, 6) is 1.66. The molecule has 0 radical (unpaired) electrons. The zero-order chi connectivity index (χ0) is 19.2. The molecule has 0 atom stereocenters. The Kier molecular flexibility index (Phi) is 6.28. The molecule has 1 heterocycles. The summed E-state index contributed by atoms with van der Waals surface area (Å²) >= 11 is 2.26. The lowest BCUT2D eigenvalue weighted by Crippen LogP contribution is -2.24. The molecule has 0 fully saturated rings. The van der Waals surface area contributed by atoms with Crippen molar-refractivity contribution < 1.29 is 13.9 Å². The fourth-order valence-corrected chi connectivity index (χ4v) is 2.78. The summed E-state index contributed by atoms with van der Waals surface area (Å²) in [6, 6.07) is 17.4. The number of ether oxygens (including phenoxy) is 1. The van der Waals surface area contributed by atoms with Crippen LogP contribution in [0.25, 0.3) is 11.3 Å². The lowest BCUT2D eigenvalue weighted by molar-refractivity contribution is -0.123. The Hall–Kier alpha value is -2.61. The quantitative estimate of drug-likeness (QED) is 0.320. The van der Waals surface area contributed by atoms with Crippen LogP contribution >= 0.6 is 22.6 Å². The molecule has 6 heteroatoms. The number of rotatable bonds is 6. The SMILES string of the molecule is Cc1cccc(OCC(=O)NN=Cc2ccc(-c3ccc(I)cc3)o2)c1C. The van der Waals surface area contributed by atoms with E-state index in [1.807, 2.05) is 62.4 Å². The summed E-state index contributed by atoms with van der Waals surface area (Å²) in [5, 5.41) is 3.92. The van der Waals surface area contributed by atoms with Gasteiger partial charge in [-0.3, -0.25) is 4.79 Å². The van der Waals surface area contributed by atoms with Crippen LogP contribution in [0.2, 0.25) is 0 Å². The van der Waals surface area contributed by atoms with E-state index >= 15 is 0 Å². The number of hydrogen-bond acceptors (Lipinski definition) is 4. The number of halogens is 1. The molecule has 0 spiro atoms. The summed E-state index contributed by atoms with van der Waals surface area (Å²) in [6.45, 7) is 3.86. The van der Waals surface area contributed by atoms with Crippen LogP contribution < -0.4 is 10.2 Å². The second kappa shape index (κ2) is 8.85. The van der Waals surface area contributed by atoms with Gasteiger partial charge in [-0.15, -0.1) is 0 Å². The van der Waals surface area contributed by atoms with E-state index in [2.05, 4.69) is 33.1 Å². The van der Waals surface area contributed by atoms with Gasteiger partial charge in [-0.2, -0.15) is 5.10 Å². The number of hydrazone groups is 1. The highest BCUT2D eigenvalue weighted by molar-refractivity contribution is 14.1. The van der Waals surface area contributed by atoms with Crippen molar-refractivity contribution in [2.75, 3.05) is 6.61 Å². The number of nitrogens with one attached hydrogen (secondary N) is 1. The van der Waals surface area contributed by atoms with Gasteiger partial charge in [0.15, 0.2) is 6.61 Å². The molecule has 0 saturated heterocycles. The molecule has 0 aliphatic rings. The fourth-order valence-electron chi connectivity index (χ4n) is 2.42. The topological polar surface area (TPSA) is 63.8 Å². The number of amides is 1. The first-order valence-corrected chi connectivity index (χ1v) is 9.47. The van der Waals surface area contributed by atoms with Crippen LogP contribution in [-0.2, 0) is 4.79 Å². The van der Waals surface area contributed by atoms with Crippen molar-refractivity contribution in [2.45, 2.75) is 13.8 Å². The number of nitrogens with zero attached hydrogens (tertiary/aromatic N) is 1. The zero-order valence-corrected chi connectivity index (χ0v) is 17.2. The average Bonchev–Trinajstić information content (AvgIpc) is 3.12. The van der Waals surface area contributed by atoms with Crippen molar-refractivity contribution in [3.63, 3.8) is 0 Å². The number of carbonyl (C=O) groups is 1. The zero-order valence-electron chi connectivity index (χ0n) is 15.0. The second-order valence-corrected chi connectivity index (χ2v) is 7.23. The van der Waals surface area contributed by atoms with E-state index < -0.39 is 0 Å². The van der Waals surface area contributed by atoms with Crippen molar-refractivity contribution in [1.29, 1.82) is 0 Å². The molecular formula is C21H19IN2O3. The maximum atomic E-state index is 11.9. The Bertz CT molecular complexity index is 962. The maximum Gasteiger partial charge on any atom is 0.277 e. The van der Waals surface area contributed by atoms with Crippen molar-refractivity contribution in [3.8, 4) is 17.1 Å². The summed E-state index contributed by atoms with van der Waals surface area (Å²) in [5.41, 5.74) is 5.56. The van der Waals surface area contributed by atoms with Crippen LogP contribution in [0, 0.1) is 17.4 Å². The first-order valence-electron chi connectivity index (χ1n) is 8.39. The fraction of sp³-hybridized carbons (Fsp3) is 0.143. The van der Waals surface area contributed by atoms with E-state index in [9.17, 15) is 4.79 Å². The van der Waals surface area contributed by atoms with Crippen LogP contribution in [0.5, 0.6) is 5.75 Å². The van der Waals surface area contributed by atoms with Gasteiger partial charge in [-0.1, -0.05) is 24.3 Å². The molecule has 0 aliphatic carbocycles. The Morgan fingerprint density at radius 2 is 1.93 bits per heavy atom. The van der Waals surface area contributed by atoms with Gasteiger partial charge in [0.25, 0.3) is 5.91 Å². The van der Waals surface area contributed by atoms with E-state index in [-0.39, 0.29) is 12.5 Å². The molecule has 1 N–H and O–H groups in total. The van der Waals surface area contributed by atoms with Crippen molar-refractivity contribution in [3.05, 3.63) is 75.1 Å². The molecule has 1 amide bonds. The van der Waals surface area contributed by atoms with E-state index in [1.54, 1.807) is 6.07 Å². The highest BCUT2D eigenvalue weighted by atomic mass is 127. The molecule has 138 valence electrons. The van der Waals surface area contributed by atoms with E-state index in [0.29, 0.717) is 11.5 Å². The third kappa shape index (κ3) is 5.19. The first kappa shape index (κ1) is 19.2. The van der Waals surface area contributed by atoms with Crippen LogP contribution in [-0.4, -0.2) is 18.7 Å². The number of carbonyl (C=O) groups excluding carboxylic acids is 1. The van der Waals surface area contributed by atoms with E-state index in [1.165, 1.54) is 6.21 Å². The molecule has 2 aromatic carbocycles. The molecule has 3 aromatic rings. The normalized spacial score (nSPS) is 10.9. The Balaban J connectivity index is 1.52. The van der Waals surface area contributed by atoms with Gasteiger partial charge < -0.3 is 9.15 Å². The van der Waals surface area contributed by atoms with Crippen LogP contribution in [0.15, 0.2) is 64.1 Å². The molecule has 5 nitrogen and oxygen atoms in total. The van der Waals surface area contributed by atoms with E-state index in [0.717, 1.165) is 26.0 Å². The molecule has 0 unspecified atom stereocenters. The summed E-state index contributed by atoms with van der Waals surface area (Å²) in [7, 11) is 0. The molecular weight excluding hydrogens is 455 g/mol. The second-order valence-electron chi connectivity index (χ2n) is 5.99. The van der Waals surface area contributed by atoms with Gasteiger partial charge in [0.05, 0.1) is 6.21 Å². The molecule has 27 heavy (non-hydrogen) atoms. The van der Waals surface area contributed by atoms with Crippen molar-refractivity contribution >= 4 is 34.7 Å². The average molecular weight is 474 g/mol. The first-order chi connectivity index (χ1) is 13.0. The van der Waals surface area contributed by atoms with Crippen molar-refractivity contribution in [2.24, 2.45) is 5.10 Å². The Morgan fingerprint density at radius 3 is 2.70 bits per heavy atom. The number of hydrogen-bond donors (Lipinski definition) is 1. The van der Waals surface area contributed by atoms with Crippen LogP contribution in [0.4, 0.5) is 0 Å². The maximum absolute atomic E-state index is 11.9. The third-order valence-corrected chi connectivity index (χ3v) is 4.77. The molecule has 3 rings (SSSR count). The number of aryl methyl sites for hydroxylation is 1. The molecule has 1 aromatic heterocycles. The van der Waals surface area contributed by atoms with Gasteiger partial charge in [0.2, 0.25) is 0 Å². The predicted molar refractivity (Wildman–Crippen MR) is 114 cm³/mol. The third-order valence-electron chi connectivity index (χ3n) is 4.05. The summed E-state index contributed by atoms with van der Waals surface area (Å²) < 4.78 is 12.4. The van der Waals surface area contributed by atoms with Gasteiger partial charge in [-0.25, -0.2) is 5.43 Å². The van der Waals surface area contributed by atoms with Gasteiger partial charge in [0.1, 0.15) is 17.3 Å².